The van der Waals surface area contributed by atoms with Gasteiger partial charge in [-0.15, -0.1) is 0 Å². The molecule has 2 heterocycles. The number of likely N-dealkylation sites (tertiary alicyclic amines) is 2. The predicted molar refractivity (Wildman–Crippen MR) is 104 cm³/mol. The highest BCUT2D eigenvalue weighted by atomic mass is 16.4. The number of carboxylic acid groups (broad SMARTS) is 1. The number of nitrogens with one attached hydrogen (secondary N) is 1. The first-order valence-electron chi connectivity index (χ1n) is 12.9. The van der Waals surface area contributed by atoms with Gasteiger partial charge in [-0.2, -0.15) is 0 Å². The van der Waals surface area contributed by atoms with Crippen LogP contribution in [0.3, 0.4) is 0 Å². The molecule has 2 N–H and O–H groups in total. The molecule has 4 rings (SSSR count). The smallest absolute Gasteiger partial charge is 0.407 e. The van der Waals surface area contributed by atoms with Crippen molar-refractivity contribution in [2.45, 2.75) is 76.7 Å². The van der Waals surface area contributed by atoms with E-state index in [4.69, 9.17) is 6.85 Å². The third-order valence-corrected chi connectivity index (χ3v) is 7.40. The number of rotatable bonds is 4. The first-order valence-corrected chi connectivity index (χ1v) is 10.4. The molecule has 4 fully saturated rings. The number of carbonyl (C=O) groups is 2. The molecule has 2 aliphatic carbocycles. The van der Waals surface area contributed by atoms with Gasteiger partial charge in [0.05, 0.1) is 0 Å². The van der Waals surface area contributed by atoms with E-state index in [0.29, 0.717) is 51.7 Å². The number of amides is 2. The summed E-state index contributed by atoms with van der Waals surface area (Å²) < 4.78 is 41.2. The van der Waals surface area contributed by atoms with Gasteiger partial charge >= 0.3 is 6.09 Å². The van der Waals surface area contributed by atoms with Crippen molar-refractivity contribution in [1.82, 2.24) is 15.1 Å². The lowest BCUT2D eigenvalue weighted by atomic mass is 9.54. The van der Waals surface area contributed by atoms with Crippen LogP contribution < -0.4 is 5.32 Å². The molecule has 2 saturated heterocycles. The average Bonchev–Trinajstić information content (AvgIpc) is 3.16. The molecule has 3 atom stereocenters. The Hall–Kier alpha value is -1.30. The molecule has 2 saturated carbocycles. The van der Waals surface area contributed by atoms with Crippen molar-refractivity contribution in [3.05, 3.63) is 0 Å². The fraction of sp³-hybridized carbons (Fsp3) is 0.905. The zero-order chi connectivity index (χ0) is 23.5. The topological polar surface area (TPSA) is 72.9 Å². The highest BCUT2D eigenvalue weighted by Crippen LogP contribution is 2.56. The molecule has 6 nitrogen and oxygen atoms in total. The molecule has 6 heteroatoms. The van der Waals surface area contributed by atoms with Crippen molar-refractivity contribution in [3.63, 3.8) is 0 Å². The zero-order valence-electron chi connectivity index (χ0n) is 21.2. The van der Waals surface area contributed by atoms with Gasteiger partial charge in [0.1, 0.15) is 0 Å². The average molecular weight is 383 g/mol. The second-order valence-corrected chi connectivity index (χ2v) is 8.95. The maximum absolute atomic E-state index is 12.9. The van der Waals surface area contributed by atoms with Gasteiger partial charge in [-0.1, -0.05) is 13.3 Å². The van der Waals surface area contributed by atoms with E-state index >= 15 is 0 Å². The normalized spacial score (nSPS) is 41.4. The van der Waals surface area contributed by atoms with Crippen LogP contribution in [0.5, 0.6) is 0 Å². The molecule has 0 aromatic heterocycles. The SMILES string of the molecule is [2H]C([2H])([2H])C1(NC(=O)C2CCN(C3C(CC)[C@]4(CCN(C(=O)O)C4)C3([2H])[2H])CC2)CCC1. The Morgan fingerprint density at radius 3 is 2.52 bits per heavy atom. The molecule has 0 radical (unpaired) electrons. The van der Waals surface area contributed by atoms with Gasteiger partial charge in [0.15, 0.2) is 0 Å². The summed E-state index contributed by atoms with van der Waals surface area (Å²) >= 11 is 0. The van der Waals surface area contributed by atoms with E-state index < -0.39 is 30.3 Å². The highest BCUT2D eigenvalue weighted by Gasteiger charge is 2.58. The predicted octanol–water partition coefficient (Wildman–Crippen LogP) is 2.93. The zero-order valence-corrected chi connectivity index (χ0v) is 16.2. The number of nitrogens with zero attached hydrogens (tertiary/aromatic N) is 2. The first kappa shape index (κ1) is 13.8. The second-order valence-electron chi connectivity index (χ2n) is 8.95. The lowest BCUT2D eigenvalue weighted by Gasteiger charge is -2.58. The van der Waals surface area contributed by atoms with Crippen LogP contribution in [0.1, 0.15) is 71.9 Å². The minimum Gasteiger partial charge on any atom is -0.465 e. The second kappa shape index (κ2) is 6.94. The molecule has 0 bridgehead atoms. The minimum absolute atomic E-state index is 0.0843. The summed E-state index contributed by atoms with van der Waals surface area (Å²) in [5.41, 5.74) is -1.71. The van der Waals surface area contributed by atoms with E-state index in [0.717, 1.165) is 12.8 Å². The fourth-order valence-electron chi connectivity index (χ4n) is 5.52. The van der Waals surface area contributed by atoms with Crippen molar-refractivity contribution >= 4 is 12.0 Å². The quantitative estimate of drug-likeness (QED) is 0.784. The van der Waals surface area contributed by atoms with Crippen molar-refractivity contribution < 1.29 is 21.5 Å². The Bertz CT molecular complexity index is 764. The van der Waals surface area contributed by atoms with E-state index in [1.54, 1.807) is 0 Å². The van der Waals surface area contributed by atoms with Crippen LogP contribution in [0.25, 0.3) is 0 Å². The number of piperidine rings is 1. The summed E-state index contributed by atoms with van der Waals surface area (Å²) in [6.07, 6.45) is 1.84. The van der Waals surface area contributed by atoms with Crippen LogP contribution in [-0.4, -0.2) is 64.7 Å². The third-order valence-electron chi connectivity index (χ3n) is 7.40. The molecule has 0 aromatic carbocycles. The Balaban J connectivity index is 1.38. The van der Waals surface area contributed by atoms with Crippen molar-refractivity contribution in [1.29, 1.82) is 0 Å². The largest absolute Gasteiger partial charge is 0.465 e. The Labute approximate surface area is 169 Å². The number of hydrogen-bond donors (Lipinski definition) is 2. The van der Waals surface area contributed by atoms with Gasteiger partial charge in [0.25, 0.3) is 0 Å². The van der Waals surface area contributed by atoms with E-state index in [9.17, 15) is 14.7 Å². The fourth-order valence-corrected chi connectivity index (χ4v) is 5.52. The third kappa shape index (κ3) is 3.34. The minimum atomic E-state index is -2.20. The Morgan fingerprint density at radius 2 is 2.00 bits per heavy atom. The van der Waals surface area contributed by atoms with Crippen LogP contribution >= 0.6 is 0 Å². The summed E-state index contributed by atoms with van der Waals surface area (Å²) in [6, 6.07) is -0.273. The van der Waals surface area contributed by atoms with Gasteiger partial charge in [-0.25, -0.2) is 4.79 Å². The summed E-state index contributed by atoms with van der Waals surface area (Å²) in [7, 11) is 0. The lowest BCUT2D eigenvalue weighted by molar-refractivity contribution is -0.131. The summed E-state index contributed by atoms with van der Waals surface area (Å²) in [5.74, 6) is -0.352. The van der Waals surface area contributed by atoms with Crippen LogP contribution in [-0.2, 0) is 4.79 Å². The number of hydrogen-bond acceptors (Lipinski definition) is 3. The number of carbonyl (C=O) groups excluding carboxylic acids is 1. The first-order chi connectivity index (χ1) is 14.9. The van der Waals surface area contributed by atoms with Gasteiger partial charge in [0, 0.05) is 37.4 Å². The van der Waals surface area contributed by atoms with E-state index in [1.807, 2.05) is 6.92 Å². The van der Waals surface area contributed by atoms with Crippen molar-refractivity contribution in [2.75, 3.05) is 26.2 Å². The van der Waals surface area contributed by atoms with Crippen molar-refractivity contribution in [3.8, 4) is 0 Å². The molecule has 2 unspecified atom stereocenters. The molecule has 27 heavy (non-hydrogen) atoms. The molecule has 2 amide bonds. The molecular formula is C21H35N3O3. The maximum Gasteiger partial charge on any atom is 0.407 e. The van der Waals surface area contributed by atoms with E-state index in [2.05, 4.69) is 10.2 Å². The van der Waals surface area contributed by atoms with Crippen LogP contribution in [0.2, 0.25) is 0 Å². The van der Waals surface area contributed by atoms with Crippen LogP contribution in [0.15, 0.2) is 0 Å². The van der Waals surface area contributed by atoms with Crippen LogP contribution in [0.4, 0.5) is 4.79 Å². The van der Waals surface area contributed by atoms with Crippen LogP contribution in [0, 0.1) is 17.3 Å². The molecule has 152 valence electrons. The van der Waals surface area contributed by atoms with Gasteiger partial charge in [-0.3, -0.25) is 4.79 Å². The van der Waals surface area contributed by atoms with Crippen molar-refractivity contribution in [2.24, 2.45) is 17.3 Å². The lowest BCUT2D eigenvalue weighted by Crippen LogP contribution is -2.62. The Morgan fingerprint density at radius 1 is 1.26 bits per heavy atom. The van der Waals surface area contributed by atoms with E-state index in [1.165, 1.54) is 4.90 Å². The maximum atomic E-state index is 12.9. The Kier molecular flexibility index (Phi) is 3.55. The highest BCUT2D eigenvalue weighted by molar-refractivity contribution is 5.79. The standard InChI is InChI=1S/C21H35N3O3/c1-3-16-17(13-21(16)9-12-24(14-21)19(26)27)23-10-5-15(6-11-23)18(25)22-20(2)7-4-8-20/h15-17H,3-14H2,1-2H3,(H,22,25)(H,26,27)/t16?,17?,21-/m1/s1/i2D3,13D2. The van der Waals surface area contributed by atoms with Gasteiger partial charge < -0.3 is 20.2 Å². The van der Waals surface area contributed by atoms with E-state index in [-0.39, 0.29) is 30.3 Å². The summed E-state index contributed by atoms with van der Waals surface area (Å²) in [6.45, 7) is 1.67. The summed E-state index contributed by atoms with van der Waals surface area (Å²) in [5, 5.41) is 12.2. The molecule has 4 aliphatic rings. The molecule has 0 aromatic rings. The molecular weight excluding hydrogens is 342 g/mol. The summed E-state index contributed by atoms with van der Waals surface area (Å²) in [4.78, 5) is 27.8. The monoisotopic (exact) mass is 382 g/mol. The van der Waals surface area contributed by atoms with Gasteiger partial charge in [-0.05, 0) is 76.2 Å². The molecule has 2 aliphatic heterocycles. The van der Waals surface area contributed by atoms with Gasteiger partial charge in [0.2, 0.25) is 5.91 Å². The molecule has 1 spiro atoms.